The third-order valence-electron chi connectivity index (χ3n) is 2.64. The Hall–Kier alpha value is -1.79. The second-order valence-corrected chi connectivity index (χ2v) is 4.11. The highest BCUT2D eigenvalue weighted by Crippen LogP contribution is 2.10. The minimum Gasteiger partial charge on any atom is -0.387 e. The van der Waals surface area contributed by atoms with Gasteiger partial charge >= 0.3 is 0 Å². The van der Waals surface area contributed by atoms with Crippen molar-refractivity contribution in [3.8, 4) is 0 Å². The van der Waals surface area contributed by atoms with E-state index in [0.29, 0.717) is 6.54 Å². The van der Waals surface area contributed by atoms with E-state index in [1.54, 1.807) is 17.2 Å². The molecular weight excluding hydrogens is 230 g/mol. The third kappa shape index (κ3) is 3.61. The maximum absolute atomic E-state index is 9.93. The molecule has 18 heavy (non-hydrogen) atoms. The molecule has 0 saturated carbocycles. The first-order valence-electron chi connectivity index (χ1n) is 5.89. The van der Waals surface area contributed by atoms with Crippen molar-refractivity contribution in [1.82, 2.24) is 25.1 Å². The van der Waals surface area contributed by atoms with Gasteiger partial charge in [-0.2, -0.15) is 5.10 Å². The maximum atomic E-state index is 9.93. The van der Waals surface area contributed by atoms with Crippen molar-refractivity contribution in [2.24, 2.45) is 0 Å². The fraction of sp³-hybridized carbons (Fsp3) is 0.417. The van der Waals surface area contributed by atoms with E-state index in [0.717, 1.165) is 24.3 Å². The van der Waals surface area contributed by atoms with Gasteiger partial charge in [-0.1, -0.05) is 6.07 Å². The molecule has 2 aromatic heterocycles. The molecule has 6 heteroatoms. The second-order valence-electron chi connectivity index (χ2n) is 4.11. The topological polar surface area (TPSA) is 75.9 Å². The fourth-order valence-corrected chi connectivity index (χ4v) is 1.57. The Kier molecular flexibility index (Phi) is 4.38. The first kappa shape index (κ1) is 12.7. The molecule has 2 N–H and O–H groups in total. The van der Waals surface area contributed by atoms with Crippen molar-refractivity contribution in [2.75, 3.05) is 13.1 Å². The number of pyridine rings is 1. The summed E-state index contributed by atoms with van der Waals surface area (Å²) >= 11 is 0. The van der Waals surface area contributed by atoms with Crippen LogP contribution in [0, 0.1) is 6.92 Å². The number of aliphatic hydroxyl groups is 1. The molecule has 1 atom stereocenters. The largest absolute Gasteiger partial charge is 0.387 e. The van der Waals surface area contributed by atoms with Crippen molar-refractivity contribution in [2.45, 2.75) is 19.6 Å². The summed E-state index contributed by atoms with van der Waals surface area (Å²) in [6.07, 6.45) is 4.35. The lowest BCUT2D eigenvalue weighted by Crippen LogP contribution is -2.25. The molecule has 0 aliphatic heterocycles. The SMILES string of the molecule is Cc1ccc(C(O)CNCCn2cncn2)cn1. The van der Waals surface area contributed by atoms with Crippen molar-refractivity contribution < 1.29 is 5.11 Å². The summed E-state index contributed by atoms with van der Waals surface area (Å²) in [5, 5.41) is 17.1. The molecular formula is C12H17N5O. The predicted molar refractivity (Wildman–Crippen MR) is 66.8 cm³/mol. The van der Waals surface area contributed by atoms with Crippen LogP contribution in [-0.2, 0) is 6.54 Å². The van der Waals surface area contributed by atoms with E-state index in [1.165, 1.54) is 6.33 Å². The first-order valence-corrected chi connectivity index (χ1v) is 5.89. The van der Waals surface area contributed by atoms with E-state index < -0.39 is 6.10 Å². The Balaban J connectivity index is 1.71. The van der Waals surface area contributed by atoms with Crippen LogP contribution in [0.4, 0.5) is 0 Å². The monoisotopic (exact) mass is 247 g/mol. The third-order valence-corrected chi connectivity index (χ3v) is 2.64. The van der Waals surface area contributed by atoms with Gasteiger partial charge in [0.05, 0.1) is 12.6 Å². The van der Waals surface area contributed by atoms with E-state index >= 15 is 0 Å². The number of aliphatic hydroxyl groups excluding tert-OH is 1. The molecule has 0 aliphatic carbocycles. The highest BCUT2D eigenvalue weighted by atomic mass is 16.3. The molecule has 2 heterocycles. The van der Waals surface area contributed by atoms with Crippen molar-refractivity contribution >= 4 is 0 Å². The zero-order chi connectivity index (χ0) is 12.8. The number of hydrogen-bond acceptors (Lipinski definition) is 5. The van der Waals surface area contributed by atoms with Crippen LogP contribution in [0.25, 0.3) is 0 Å². The van der Waals surface area contributed by atoms with E-state index in [9.17, 15) is 5.11 Å². The number of nitrogens with zero attached hydrogens (tertiary/aromatic N) is 4. The molecule has 0 radical (unpaired) electrons. The molecule has 0 bridgehead atoms. The van der Waals surface area contributed by atoms with Gasteiger partial charge in [0.15, 0.2) is 0 Å². The molecule has 0 aromatic carbocycles. The van der Waals surface area contributed by atoms with Crippen LogP contribution in [0.2, 0.25) is 0 Å². The zero-order valence-electron chi connectivity index (χ0n) is 10.3. The molecule has 1 unspecified atom stereocenters. The van der Waals surface area contributed by atoms with E-state index in [1.807, 2.05) is 19.1 Å². The number of hydrogen-bond donors (Lipinski definition) is 2. The Morgan fingerprint density at radius 2 is 2.33 bits per heavy atom. The van der Waals surface area contributed by atoms with Crippen molar-refractivity contribution in [3.05, 3.63) is 42.2 Å². The second kappa shape index (κ2) is 6.23. The summed E-state index contributed by atoms with van der Waals surface area (Å²) in [6, 6.07) is 3.79. The Labute approximate surface area is 106 Å². The highest BCUT2D eigenvalue weighted by Gasteiger charge is 2.06. The molecule has 0 fully saturated rings. The van der Waals surface area contributed by atoms with Crippen LogP contribution < -0.4 is 5.32 Å². The molecule has 0 amide bonds. The first-order chi connectivity index (χ1) is 8.75. The van der Waals surface area contributed by atoms with E-state index in [2.05, 4.69) is 20.4 Å². The Bertz CT molecular complexity index is 454. The minimum absolute atomic E-state index is 0.499. The van der Waals surface area contributed by atoms with Gasteiger partial charge in [0.1, 0.15) is 12.7 Å². The van der Waals surface area contributed by atoms with Gasteiger partial charge in [0, 0.05) is 30.5 Å². The summed E-state index contributed by atoms with van der Waals surface area (Å²) in [5.74, 6) is 0. The Morgan fingerprint density at radius 3 is 3.00 bits per heavy atom. The lowest BCUT2D eigenvalue weighted by molar-refractivity contribution is 0.174. The van der Waals surface area contributed by atoms with Crippen molar-refractivity contribution in [3.63, 3.8) is 0 Å². The molecule has 0 spiro atoms. The molecule has 0 saturated heterocycles. The summed E-state index contributed by atoms with van der Waals surface area (Å²) in [5.41, 5.74) is 1.78. The summed E-state index contributed by atoms with van der Waals surface area (Å²) < 4.78 is 1.74. The number of aryl methyl sites for hydroxylation is 1. The van der Waals surface area contributed by atoms with E-state index in [4.69, 9.17) is 0 Å². The Morgan fingerprint density at radius 1 is 1.44 bits per heavy atom. The average Bonchev–Trinajstić information content (AvgIpc) is 2.88. The van der Waals surface area contributed by atoms with Gasteiger partial charge in [0.2, 0.25) is 0 Å². The van der Waals surface area contributed by atoms with Gasteiger partial charge in [-0.15, -0.1) is 0 Å². The summed E-state index contributed by atoms with van der Waals surface area (Å²) in [4.78, 5) is 8.02. The number of rotatable bonds is 6. The minimum atomic E-state index is -0.533. The molecule has 0 aliphatic rings. The van der Waals surface area contributed by atoms with Crippen LogP contribution in [0.5, 0.6) is 0 Å². The van der Waals surface area contributed by atoms with Crippen LogP contribution in [0.1, 0.15) is 17.4 Å². The average molecular weight is 247 g/mol. The van der Waals surface area contributed by atoms with Crippen LogP contribution >= 0.6 is 0 Å². The predicted octanol–water partition coefficient (Wildman–Crippen LogP) is 0.305. The fourth-order valence-electron chi connectivity index (χ4n) is 1.57. The number of nitrogens with one attached hydrogen (secondary N) is 1. The lowest BCUT2D eigenvalue weighted by Gasteiger charge is -2.12. The highest BCUT2D eigenvalue weighted by molar-refractivity contribution is 5.15. The molecule has 96 valence electrons. The standard InChI is InChI=1S/C12H17N5O/c1-10-2-3-11(6-15-10)12(18)7-13-4-5-17-9-14-8-16-17/h2-3,6,8-9,12-13,18H,4-5,7H2,1H3. The molecule has 6 nitrogen and oxygen atoms in total. The van der Waals surface area contributed by atoms with Gasteiger partial charge in [-0.25, -0.2) is 4.98 Å². The van der Waals surface area contributed by atoms with Crippen LogP contribution in [0.3, 0.4) is 0 Å². The smallest absolute Gasteiger partial charge is 0.137 e. The van der Waals surface area contributed by atoms with Crippen molar-refractivity contribution in [1.29, 1.82) is 0 Å². The van der Waals surface area contributed by atoms with E-state index in [-0.39, 0.29) is 0 Å². The normalized spacial score (nSPS) is 12.6. The quantitative estimate of drug-likeness (QED) is 0.718. The van der Waals surface area contributed by atoms with Gasteiger partial charge < -0.3 is 10.4 Å². The maximum Gasteiger partial charge on any atom is 0.137 e. The van der Waals surface area contributed by atoms with Gasteiger partial charge in [-0.3, -0.25) is 9.67 Å². The summed E-state index contributed by atoms with van der Waals surface area (Å²) in [6.45, 7) is 3.89. The number of aromatic nitrogens is 4. The lowest BCUT2D eigenvalue weighted by atomic mass is 10.1. The molecule has 2 rings (SSSR count). The molecule has 2 aromatic rings. The summed E-state index contributed by atoms with van der Waals surface area (Å²) in [7, 11) is 0. The van der Waals surface area contributed by atoms with Crippen LogP contribution in [0.15, 0.2) is 31.0 Å². The van der Waals surface area contributed by atoms with Gasteiger partial charge in [0.25, 0.3) is 0 Å². The van der Waals surface area contributed by atoms with Crippen LogP contribution in [-0.4, -0.2) is 37.9 Å². The van der Waals surface area contributed by atoms with Gasteiger partial charge in [-0.05, 0) is 13.0 Å². The zero-order valence-corrected chi connectivity index (χ0v) is 10.3.